The van der Waals surface area contributed by atoms with E-state index in [4.69, 9.17) is 21.3 Å². The molecule has 0 N–H and O–H groups in total. The number of aromatic nitrogens is 1. The van der Waals surface area contributed by atoms with Gasteiger partial charge in [-0.15, -0.1) is 0 Å². The molecule has 3 heteroatoms. The average molecular weight is 378 g/mol. The molecule has 3 aromatic rings. The Morgan fingerprint density at radius 1 is 1.00 bits per heavy atom. The molecule has 0 atom stereocenters. The van der Waals surface area contributed by atoms with Crippen molar-refractivity contribution >= 4 is 11.6 Å². The number of fused-ring (bicyclic) bond motifs is 1. The molecule has 0 bridgehead atoms. The highest BCUT2D eigenvalue weighted by Crippen LogP contribution is 2.31. The number of aryl methyl sites for hydroxylation is 1. The zero-order valence-electron chi connectivity index (χ0n) is 15.7. The molecular formula is C24H24ClNO. The van der Waals surface area contributed by atoms with Gasteiger partial charge in [0.05, 0.1) is 12.3 Å². The van der Waals surface area contributed by atoms with Crippen molar-refractivity contribution in [1.82, 2.24) is 4.98 Å². The van der Waals surface area contributed by atoms with Gasteiger partial charge in [-0.3, -0.25) is 4.98 Å². The monoisotopic (exact) mass is 377 g/mol. The van der Waals surface area contributed by atoms with Crippen LogP contribution >= 0.6 is 11.6 Å². The normalized spacial score (nSPS) is 13.0. The zero-order chi connectivity index (χ0) is 18.6. The van der Waals surface area contributed by atoms with E-state index >= 15 is 0 Å². The van der Waals surface area contributed by atoms with Gasteiger partial charge < -0.3 is 4.74 Å². The second-order valence-electron chi connectivity index (χ2n) is 7.19. The van der Waals surface area contributed by atoms with Crippen LogP contribution in [0.15, 0.2) is 54.6 Å². The van der Waals surface area contributed by atoms with E-state index in [1.54, 1.807) is 7.11 Å². The Morgan fingerprint density at radius 3 is 2.59 bits per heavy atom. The molecule has 1 aliphatic carbocycles. The van der Waals surface area contributed by atoms with E-state index in [-0.39, 0.29) is 0 Å². The smallest absolute Gasteiger partial charge is 0.0708 e. The largest absolute Gasteiger partial charge is 0.384 e. The lowest BCUT2D eigenvalue weighted by Gasteiger charge is -2.12. The van der Waals surface area contributed by atoms with Crippen LogP contribution in [0.5, 0.6) is 0 Å². The minimum atomic E-state index is 0.753. The van der Waals surface area contributed by atoms with Crippen LogP contribution in [0.4, 0.5) is 0 Å². The molecule has 1 heterocycles. The fourth-order valence-electron chi connectivity index (χ4n) is 3.84. The lowest BCUT2D eigenvalue weighted by Crippen LogP contribution is -2.00. The van der Waals surface area contributed by atoms with Gasteiger partial charge in [0.15, 0.2) is 0 Å². The predicted octanol–water partition coefficient (Wildman–Crippen LogP) is 5.67. The van der Waals surface area contributed by atoms with Crippen LogP contribution in [0.1, 0.15) is 34.4 Å². The molecule has 0 amide bonds. The number of methoxy groups -OCH3 is 1. The lowest BCUT2D eigenvalue weighted by atomic mass is 9.96. The maximum absolute atomic E-state index is 6.20. The molecule has 0 fully saturated rings. The number of halogens is 1. The Balaban J connectivity index is 1.64. The van der Waals surface area contributed by atoms with Gasteiger partial charge in [0.1, 0.15) is 0 Å². The molecule has 0 saturated heterocycles. The third kappa shape index (κ3) is 4.23. The number of rotatable bonds is 6. The van der Waals surface area contributed by atoms with E-state index in [9.17, 15) is 0 Å². The molecule has 1 aromatic heterocycles. The van der Waals surface area contributed by atoms with Crippen molar-refractivity contribution in [2.75, 3.05) is 13.7 Å². The van der Waals surface area contributed by atoms with Crippen molar-refractivity contribution in [3.63, 3.8) is 0 Å². The van der Waals surface area contributed by atoms with Gasteiger partial charge >= 0.3 is 0 Å². The molecule has 4 rings (SSSR count). The molecule has 0 aliphatic heterocycles. The Bertz CT molecular complexity index is 934. The lowest BCUT2D eigenvalue weighted by molar-refractivity contribution is 0.202. The highest BCUT2D eigenvalue weighted by Gasteiger charge is 2.18. The van der Waals surface area contributed by atoms with E-state index in [0.717, 1.165) is 48.6 Å². The van der Waals surface area contributed by atoms with Crippen molar-refractivity contribution in [3.8, 4) is 11.3 Å². The second-order valence-corrected chi connectivity index (χ2v) is 7.63. The molecule has 27 heavy (non-hydrogen) atoms. The van der Waals surface area contributed by atoms with Gasteiger partial charge in [0, 0.05) is 23.4 Å². The van der Waals surface area contributed by atoms with Crippen LogP contribution in [-0.4, -0.2) is 18.7 Å². The molecule has 2 nitrogen and oxygen atoms in total. The number of hydrogen-bond acceptors (Lipinski definition) is 2. The SMILES string of the molecule is COCCc1ccc(Cc2cc(-c3cccc(Cl)c3)nc3c2CCC3)cc1. The fourth-order valence-corrected chi connectivity index (χ4v) is 4.03. The van der Waals surface area contributed by atoms with Gasteiger partial charge in [-0.2, -0.15) is 0 Å². The fraction of sp³-hybridized carbons (Fsp3) is 0.292. The van der Waals surface area contributed by atoms with Crippen molar-refractivity contribution in [3.05, 3.63) is 87.6 Å². The van der Waals surface area contributed by atoms with Crippen LogP contribution in [0.2, 0.25) is 5.02 Å². The molecule has 0 radical (unpaired) electrons. The van der Waals surface area contributed by atoms with Crippen LogP contribution < -0.4 is 0 Å². The Kier molecular flexibility index (Phi) is 5.56. The van der Waals surface area contributed by atoms with Crippen molar-refractivity contribution in [1.29, 1.82) is 0 Å². The first-order chi connectivity index (χ1) is 13.2. The Hall–Kier alpha value is -2.16. The number of hydrogen-bond donors (Lipinski definition) is 0. The molecule has 0 saturated carbocycles. The minimum absolute atomic E-state index is 0.753. The third-order valence-electron chi connectivity index (χ3n) is 5.28. The van der Waals surface area contributed by atoms with Crippen molar-refractivity contribution in [2.45, 2.75) is 32.1 Å². The molecule has 1 aliphatic rings. The van der Waals surface area contributed by atoms with E-state index < -0.39 is 0 Å². The number of pyridine rings is 1. The first-order valence-corrected chi connectivity index (χ1v) is 9.95. The summed E-state index contributed by atoms with van der Waals surface area (Å²) in [5.41, 5.74) is 8.90. The maximum atomic E-state index is 6.20. The van der Waals surface area contributed by atoms with E-state index in [1.807, 2.05) is 18.2 Å². The predicted molar refractivity (Wildman–Crippen MR) is 112 cm³/mol. The molecule has 0 unspecified atom stereocenters. The summed E-state index contributed by atoms with van der Waals surface area (Å²) in [7, 11) is 1.75. The standard InChI is InChI=1S/C24H24ClNO/c1-27-13-12-17-8-10-18(11-9-17)14-20-16-24(19-4-2-5-21(25)15-19)26-23-7-3-6-22(20)23/h2,4-5,8-11,15-16H,3,6-7,12-14H2,1H3. The highest BCUT2D eigenvalue weighted by molar-refractivity contribution is 6.30. The summed E-state index contributed by atoms with van der Waals surface area (Å²) < 4.78 is 5.17. The number of nitrogens with zero attached hydrogens (tertiary/aromatic N) is 1. The third-order valence-corrected chi connectivity index (χ3v) is 5.51. The summed E-state index contributed by atoms with van der Waals surface area (Å²) in [4.78, 5) is 4.94. The van der Waals surface area contributed by atoms with Crippen LogP contribution in [0.3, 0.4) is 0 Å². The average Bonchev–Trinajstić information content (AvgIpc) is 3.16. The second kappa shape index (κ2) is 8.24. The first kappa shape index (κ1) is 18.2. The van der Waals surface area contributed by atoms with Gasteiger partial charge in [0.2, 0.25) is 0 Å². The van der Waals surface area contributed by atoms with E-state index in [2.05, 4.69) is 36.4 Å². The number of benzene rings is 2. The van der Waals surface area contributed by atoms with Crippen molar-refractivity contribution < 1.29 is 4.74 Å². The van der Waals surface area contributed by atoms with Crippen LogP contribution in [0, 0.1) is 0 Å². The number of ether oxygens (including phenoxy) is 1. The first-order valence-electron chi connectivity index (χ1n) is 9.57. The summed E-state index contributed by atoms with van der Waals surface area (Å²) in [6.45, 7) is 0.764. The molecule has 2 aromatic carbocycles. The Morgan fingerprint density at radius 2 is 1.81 bits per heavy atom. The quantitative estimate of drug-likeness (QED) is 0.552. The maximum Gasteiger partial charge on any atom is 0.0708 e. The molecular weight excluding hydrogens is 354 g/mol. The van der Waals surface area contributed by atoms with E-state index in [1.165, 1.54) is 34.4 Å². The zero-order valence-corrected chi connectivity index (χ0v) is 16.4. The summed E-state index contributed by atoms with van der Waals surface area (Å²) in [5, 5.41) is 0.753. The molecule has 138 valence electrons. The van der Waals surface area contributed by atoms with Crippen LogP contribution in [-0.2, 0) is 30.4 Å². The Labute approximate surface area is 166 Å². The summed E-state index contributed by atoms with van der Waals surface area (Å²) >= 11 is 6.20. The minimum Gasteiger partial charge on any atom is -0.384 e. The van der Waals surface area contributed by atoms with Crippen LogP contribution in [0.25, 0.3) is 11.3 Å². The van der Waals surface area contributed by atoms with E-state index in [0.29, 0.717) is 0 Å². The highest BCUT2D eigenvalue weighted by atomic mass is 35.5. The van der Waals surface area contributed by atoms with Gasteiger partial charge in [-0.05, 0) is 72.6 Å². The molecule has 0 spiro atoms. The summed E-state index contributed by atoms with van der Waals surface area (Å²) in [6.07, 6.45) is 5.32. The summed E-state index contributed by atoms with van der Waals surface area (Å²) in [6, 6.07) is 19.2. The van der Waals surface area contributed by atoms with Crippen molar-refractivity contribution in [2.24, 2.45) is 0 Å². The van der Waals surface area contributed by atoms with Gasteiger partial charge in [0.25, 0.3) is 0 Å². The van der Waals surface area contributed by atoms with Gasteiger partial charge in [-0.25, -0.2) is 0 Å². The van der Waals surface area contributed by atoms with Gasteiger partial charge in [-0.1, -0.05) is 48.0 Å². The topological polar surface area (TPSA) is 22.1 Å². The summed E-state index contributed by atoms with van der Waals surface area (Å²) in [5.74, 6) is 0.